The van der Waals surface area contributed by atoms with Crippen LogP contribution in [0.1, 0.15) is 22.3 Å². The van der Waals surface area contributed by atoms with E-state index in [0.717, 1.165) is 22.3 Å². The fourth-order valence-corrected chi connectivity index (χ4v) is 6.14. The zero-order valence-electron chi connectivity index (χ0n) is 28.2. The highest BCUT2D eigenvalue weighted by Gasteiger charge is 2.50. The highest BCUT2D eigenvalue weighted by Crippen LogP contribution is 2.32. The van der Waals surface area contributed by atoms with Crippen molar-refractivity contribution in [2.75, 3.05) is 13.2 Å². The minimum Gasteiger partial charge on any atom is -0.387 e. The van der Waals surface area contributed by atoms with Crippen LogP contribution in [-0.4, -0.2) is 95.1 Å². The van der Waals surface area contributed by atoms with E-state index in [1.165, 1.54) is 0 Å². The second-order valence-corrected chi connectivity index (χ2v) is 12.7. The number of hydrogen-bond donors (Lipinski definition) is 4. The van der Waals surface area contributed by atoms with Crippen LogP contribution in [0.2, 0.25) is 0 Å². The Morgan fingerprint density at radius 3 is 1.37 bits per heavy atom. The monoisotopic (exact) mass is 702 g/mol. The van der Waals surface area contributed by atoms with Crippen LogP contribution >= 0.6 is 0 Å². The first kappa shape index (κ1) is 37.2. The van der Waals surface area contributed by atoms with Gasteiger partial charge in [-0.15, -0.1) is 0 Å². The number of rotatable bonds is 16. The second kappa shape index (κ2) is 18.8. The summed E-state index contributed by atoms with van der Waals surface area (Å²) in [6.45, 7) is 0.862. The molecular formula is C40H46O11. The van der Waals surface area contributed by atoms with Crippen LogP contribution in [0.3, 0.4) is 0 Å². The van der Waals surface area contributed by atoms with Crippen molar-refractivity contribution in [1.82, 2.24) is 0 Å². The van der Waals surface area contributed by atoms with Gasteiger partial charge in [-0.25, -0.2) is 0 Å². The van der Waals surface area contributed by atoms with Gasteiger partial charge in [-0.05, 0) is 22.3 Å². The van der Waals surface area contributed by atoms with Crippen LogP contribution in [-0.2, 0) is 59.6 Å². The SMILES string of the molecule is OC1O[C@H](COC2O[C@H](COCc3ccccc3)[C@H](OCc3ccccc3)[C@H](OCc3ccccc3)[C@H]2OCc2ccccc2)[C@@H](O)[C@H](O)[C@H]1O. The lowest BCUT2D eigenvalue weighted by molar-refractivity contribution is -0.342. The van der Waals surface area contributed by atoms with Gasteiger partial charge in [0.15, 0.2) is 12.6 Å². The van der Waals surface area contributed by atoms with E-state index < -0.39 is 61.4 Å². The predicted molar refractivity (Wildman–Crippen MR) is 185 cm³/mol. The third-order valence-corrected chi connectivity index (χ3v) is 8.95. The molecule has 4 N–H and O–H groups in total. The Bertz CT molecular complexity index is 1550. The number of ether oxygens (including phenoxy) is 7. The number of benzene rings is 4. The summed E-state index contributed by atoms with van der Waals surface area (Å²) >= 11 is 0. The third kappa shape index (κ3) is 10.3. The van der Waals surface area contributed by atoms with E-state index in [2.05, 4.69) is 0 Å². The van der Waals surface area contributed by atoms with Crippen molar-refractivity contribution in [2.45, 2.75) is 87.8 Å². The van der Waals surface area contributed by atoms with Crippen molar-refractivity contribution in [3.63, 3.8) is 0 Å². The summed E-state index contributed by atoms with van der Waals surface area (Å²) in [6.07, 6.45) is -11.8. The summed E-state index contributed by atoms with van der Waals surface area (Å²) in [5.74, 6) is 0. The Morgan fingerprint density at radius 2 is 0.863 bits per heavy atom. The van der Waals surface area contributed by atoms with Crippen LogP contribution in [0, 0.1) is 0 Å². The molecule has 272 valence electrons. The van der Waals surface area contributed by atoms with Gasteiger partial charge in [-0.1, -0.05) is 121 Å². The van der Waals surface area contributed by atoms with Gasteiger partial charge in [0.1, 0.15) is 48.8 Å². The number of aliphatic hydroxyl groups is 4. The minimum atomic E-state index is -1.72. The lowest BCUT2D eigenvalue weighted by Gasteiger charge is -2.46. The molecule has 0 saturated carbocycles. The fraction of sp³-hybridized carbons (Fsp3) is 0.400. The largest absolute Gasteiger partial charge is 0.387 e. The van der Waals surface area contributed by atoms with Gasteiger partial charge in [0, 0.05) is 0 Å². The first-order valence-corrected chi connectivity index (χ1v) is 17.2. The molecule has 0 spiro atoms. The molecule has 4 aromatic rings. The lowest BCUT2D eigenvalue weighted by atomic mass is 9.97. The zero-order valence-corrected chi connectivity index (χ0v) is 28.2. The molecule has 6 rings (SSSR count). The van der Waals surface area contributed by atoms with Crippen LogP contribution < -0.4 is 0 Å². The van der Waals surface area contributed by atoms with Crippen molar-refractivity contribution >= 4 is 0 Å². The summed E-state index contributed by atoms with van der Waals surface area (Å²) < 4.78 is 44.4. The highest BCUT2D eigenvalue weighted by molar-refractivity contribution is 5.16. The van der Waals surface area contributed by atoms with Gasteiger partial charge >= 0.3 is 0 Å². The Morgan fingerprint density at radius 1 is 0.412 bits per heavy atom. The maximum absolute atomic E-state index is 10.7. The van der Waals surface area contributed by atoms with Gasteiger partial charge in [0.25, 0.3) is 0 Å². The molecule has 2 unspecified atom stereocenters. The molecule has 51 heavy (non-hydrogen) atoms. The number of hydrogen-bond acceptors (Lipinski definition) is 11. The first-order chi connectivity index (χ1) is 25.0. The Balaban J connectivity index is 1.29. The normalized spacial score (nSPS) is 29.5. The molecule has 11 heteroatoms. The molecule has 0 aromatic heterocycles. The Kier molecular flexibility index (Phi) is 13.7. The maximum atomic E-state index is 10.7. The molecule has 10 atom stereocenters. The molecule has 2 fully saturated rings. The summed E-state index contributed by atoms with van der Waals surface area (Å²) in [5, 5.41) is 41.2. The molecule has 2 aliphatic rings. The molecule has 0 radical (unpaired) electrons. The molecule has 0 amide bonds. The van der Waals surface area contributed by atoms with Crippen molar-refractivity contribution in [1.29, 1.82) is 0 Å². The molecular weight excluding hydrogens is 656 g/mol. The van der Waals surface area contributed by atoms with Crippen LogP contribution in [0.15, 0.2) is 121 Å². The van der Waals surface area contributed by atoms with Crippen LogP contribution in [0.4, 0.5) is 0 Å². The Labute approximate surface area is 297 Å². The number of aliphatic hydroxyl groups excluding tert-OH is 4. The predicted octanol–water partition coefficient (Wildman–Crippen LogP) is 3.50. The van der Waals surface area contributed by atoms with Crippen LogP contribution in [0.25, 0.3) is 0 Å². The quantitative estimate of drug-likeness (QED) is 0.136. The van der Waals surface area contributed by atoms with E-state index in [9.17, 15) is 20.4 Å². The van der Waals surface area contributed by atoms with E-state index >= 15 is 0 Å². The summed E-state index contributed by atoms with van der Waals surface area (Å²) in [7, 11) is 0. The van der Waals surface area contributed by atoms with Crippen LogP contribution in [0.5, 0.6) is 0 Å². The van der Waals surface area contributed by atoms with E-state index in [1.807, 2.05) is 121 Å². The van der Waals surface area contributed by atoms with E-state index in [0.29, 0.717) is 6.61 Å². The van der Waals surface area contributed by atoms with Crippen molar-refractivity contribution in [2.24, 2.45) is 0 Å². The summed E-state index contributed by atoms with van der Waals surface area (Å²) in [5.41, 5.74) is 3.82. The summed E-state index contributed by atoms with van der Waals surface area (Å²) in [6, 6.07) is 39.0. The smallest absolute Gasteiger partial charge is 0.187 e. The van der Waals surface area contributed by atoms with Crippen molar-refractivity contribution < 1.29 is 53.6 Å². The molecule has 2 heterocycles. The topological polar surface area (TPSA) is 146 Å². The molecule has 11 nitrogen and oxygen atoms in total. The van der Waals surface area contributed by atoms with Gasteiger partial charge < -0.3 is 53.6 Å². The van der Waals surface area contributed by atoms with Gasteiger partial charge in [0.05, 0.1) is 39.6 Å². The third-order valence-electron chi connectivity index (χ3n) is 8.95. The van der Waals surface area contributed by atoms with Gasteiger partial charge in [-0.2, -0.15) is 0 Å². The van der Waals surface area contributed by atoms with E-state index in [1.54, 1.807) is 0 Å². The average Bonchev–Trinajstić information content (AvgIpc) is 3.17. The second-order valence-electron chi connectivity index (χ2n) is 12.7. The minimum absolute atomic E-state index is 0.122. The van der Waals surface area contributed by atoms with Crippen molar-refractivity contribution in [3.8, 4) is 0 Å². The van der Waals surface area contributed by atoms with Crippen molar-refractivity contribution in [3.05, 3.63) is 144 Å². The molecule has 0 bridgehead atoms. The highest BCUT2D eigenvalue weighted by atomic mass is 16.7. The fourth-order valence-electron chi connectivity index (χ4n) is 6.14. The van der Waals surface area contributed by atoms with Gasteiger partial charge in [-0.3, -0.25) is 0 Å². The summed E-state index contributed by atoms with van der Waals surface area (Å²) in [4.78, 5) is 0. The van der Waals surface area contributed by atoms with E-state index in [-0.39, 0.29) is 33.0 Å². The maximum Gasteiger partial charge on any atom is 0.187 e. The lowest BCUT2D eigenvalue weighted by Crippen LogP contribution is -2.63. The Hall–Kier alpha value is -3.56. The first-order valence-electron chi connectivity index (χ1n) is 17.2. The molecule has 4 aromatic carbocycles. The molecule has 2 saturated heterocycles. The molecule has 2 aliphatic heterocycles. The zero-order chi connectivity index (χ0) is 35.4. The van der Waals surface area contributed by atoms with Gasteiger partial charge in [0.2, 0.25) is 0 Å². The average molecular weight is 703 g/mol. The molecule has 0 aliphatic carbocycles. The standard InChI is InChI=1S/C40H46O11/c41-33-31(50-39(44)35(43)34(33)42)26-49-40-38(48-24-30-19-11-4-12-20-30)37(47-23-29-17-9-3-10-18-29)36(46-22-28-15-7-2-8-16-28)32(51-40)25-45-21-27-13-5-1-6-14-27/h1-20,31-44H,21-26H2/t31-,32-,33-,34+,35-,36+,37+,38-,39?,40?/m1/s1. The van der Waals surface area contributed by atoms with E-state index in [4.69, 9.17) is 33.2 Å².